The molecule has 1 aliphatic heterocycles. The molecular formula is C13H22N2OS. The molecule has 0 aromatic heterocycles. The number of nitrogens with zero attached hydrogens (tertiary/aromatic N) is 2. The average molecular weight is 254 g/mol. The van der Waals surface area contributed by atoms with Gasteiger partial charge in [-0.15, -0.1) is 11.8 Å². The summed E-state index contributed by atoms with van der Waals surface area (Å²) in [6.07, 6.45) is 2.00. The van der Waals surface area contributed by atoms with Gasteiger partial charge in [-0.25, -0.2) is 0 Å². The standard InChI is InChI=1S/C13H22N2OS/c1-8-9-11(17-13(2,3)4)10(14(5)6)12(16)15(9)7/h8H,1-7H3. The number of rotatable bonds is 2. The van der Waals surface area contributed by atoms with Crippen LogP contribution in [0.5, 0.6) is 0 Å². The van der Waals surface area contributed by atoms with Gasteiger partial charge in [-0.05, 0) is 6.92 Å². The van der Waals surface area contributed by atoms with E-state index in [1.807, 2.05) is 39.0 Å². The summed E-state index contributed by atoms with van der Waals surface area (Å²) in [4.78, 5) is 16.9. The topological polar surface area (TPSA) is 23.6 Å². The van der Waals surface area contributed by atoms with Crippen molar-refractivity contribution in [2.24, 2.45) is 0 Å². The Kier molecular flexibility index (Phi) is 3.97. The van der Waals surface area contributed by atoms with Crippen molar-refractivity contribution in [1.29, 1.82) is 0 Å². The number of hydrogen-bond donors (Lipinski definition) is 0. The van der Waals surface area contributed by atoms with Gasteiger partial charge in [0.05, 0.1) is 10.6 Å². The molecule has 0 aromatic rings. The Bertz CT molecular complexity index is 389. The Morgan fingerprint density at radius 2 is 1.82 bits per heavy atom. The molecule has 0 spiro atoms. The molecule has 0 aromatic carbocycles. The van der Waals surface area contributed by atoms with Crippen molar-refractivity contribution in [3.8, 4) is 0 Å². The molecule has 1 aliphatic rings. The lowest BCUT2D eigenvalue weighted by atomic mass is 10.3. The Hall–Kier alpha value is -0.900. The molecular weight excluding hydrogens is 232 g/mol. The summed E-state index contributed by atoms with van der Waals surface area (Å²) in [5.74, 6) is 0.0786. The molecule has 0 saturated carbocycles. The van der Waals surface area contributed by atoms with E-state index < -0.39 is 0 Å². The van der Waals surface area contributed by atoms with Crippen LogP contribution in [0.3, 0.4) is 0 Å². The summed E-state index contributed by atoms with van der Waals surface area (Å²) in [5.41, 5.74) is 1.80. The number of thioether (sulfide) groups is 1. The minimum Gasteiger partial charge on any atom is -0.372 e. The minimum atomic E-state index is 0.0786. The summed E-state index contributed by atoms with van der Waals surface area (Å²) in [5, 5.41) is 0. The first-order chi connectivity index (χ1) is 7.69. The molecule has 17 heavy (non-hydrogen) atoms. The molecule has 0 saturated heterocycles. The Morgan fingerprint density at radius 1 is 1.29 bits per heavy atom. The predicted octanol–water partition coefficient (Wildman–Crippen LogP) is 2.67. The Morgan fingerprint density at radius 3 is 2.18 bits per heavy atom. The van der Waals surface area contributed by atoms with Crippen LogP contribution >= 0.6 is 11.8 Å². The van der Waals surface area contributed by atoms with E-state index in [4.69, 9.17) is 0 Å². The van der Waals surface area contributed by atoms with Crippen LogP contribution in [0.1, 0.15) is 27.7 Å². The zero-order valence-corrected chi connectivity index (χ0v) is 12.6. The third-order valence-corrected chi connectivity index (χ3v) is 3.66. The van der Waals surface area contributed by atoms with E-state index in [1.165, 1.54) is 0 Å². The second-order valence-electron chi connectivity index (χ2n) is 5.32. The normalized spacial score (nSPS) is 19.6. The van der Waals surface area contributed by atoms with Gasteiger partial charge in [0, 0.05) is 25.9 Å². The third-order valence-electron chi connectivity index (χ3n) is 2.45. The highest BCUT2D eigenvalue weighted by molar-refractivity contribution is 8.04. The summed E-state index contributed by atoms with van der Waals surface area (Å²) in [7, 11) is 5.67. The zero-order chi connectivity index (χ0) is 13.4. The molecule has 1 rings (SSSR count). The van der Waals surface area contributed by atoms with Crippen LogP contribution in [0, 0.1) is 0 Å². The van der Waals surface area contributed by atoms with E-state index in [2.05, 4.69) is 20.8 Å². The van der Waals surface area contributed by atoms with Crippen molar-refractivity contribution in [3.63, 3.8) is 0 Å². The number of likely N-dealkylation sites (N-methyl/N-ethyl adjacent to an activating group) is 2. The van der Waals surface area contributed by atoms with Gasteiger partial charge in [0.25, 0.3) is 5.91 Å². The molecule has 0 fully saturated rings. The van der Waals surface area contributed by atoms with E-state index in [1.54, 1.807) is 16.7 Å². The summed E-state index contributed by atoms with van der Waals surface area (Å²) in [6, 6.07) is 0. The number of allylic oxidation sites excluding steroid dienone is 1. The van der Waals surface area contributed by atoms with E-state index in [0.717, 1.165) is 16.3 Å². The SMILES string of the molecule is CC=C1C(SC(C)(C)C)=C(N(C)C)C(=O)N1C. The van der Waals surface area contributed by atoms with Crippen LogP contribution in [0.2, 0.25) is 0 Å². The lowest BCUT2D eigenvalue weighted by Gasteiger charge is -2.21. The fraction of sp³-hybridized carbons (Fsp3) is 0.615. The first-order valence-corrected chi connectivity index (χ1v) is 6.56. The average Bonchev–Trinajstić information content (AvgIpc) is 2.36. The van der Waals surface area contributed by atoms with Crippen molar-refractivity contribution >= 4 is 17.7 Å². The quantitative estimate of drug-likeness (QED) is 0.757. The molecule has 0 N–H and O–H groups in total. The lowest BCUT2D eigenvalue weighted by molar-refractivity contribution is -0.124. The molecule has 1 amide bonds. The van der Waals surface area contributed by atoms with Gasteiger partial charge in [0.2, 0.25) is 0 Å². The molecule has 4 heteroatoms. The van der Waals surface area contributed by atoms with Crippen molar-refractivity contribution < 1.29 is 4.79 Å². The molecule has 0 unspecified atom stereocenters. The fourth-order valence-corrected chi connectivity index (χ4v) is 3.10. The van der Waals surface area contributed by atoms with Crippen LogP contribution in [0.25, 0.3) is 0 Å². The highest BCUT2D eigenvalue weighted by atomic mass is 32.2. The van der Waals surface area contributed by atoms with Crippen molar-refractivity contribution in [1.82, 2.24) is 9.80 Å². The molecule has 0 aliphatic carbocycles. The van der Waals surface area contributed by atoms with E-state index in [0.29, 0.717) is 0 Å². The van der Waals surface area contributed by atoms with Crippen molar-refractivity contribution in [2.45, 2.75) is 32.4 Å². The van der Waals surface area contributed by atoms with E-state index in [-0.39, 0.29) is 10.7 Å². The van der Waals surface area contributed by atoms with Gasteiger partial charge in [-0.1, -0.05) is 26.8 Å². The van der Waals surface area contributed by atoms with Gasteiger partial charge < -0.3 is 9.80 Å². The van der Waals surface area contributed by atoms with Gasteiger partial charge in [0.15, 0.2) is 0 Å². The molecule has 96 valence electrons. The highest BCUT2D eigenvalue weighted by Gasteiger charge is 2.35. The van der Waals surface area contributed by atoms with Gasteiger partial charge in [-0.2, -0.15) is 0 Å². The first kappa shape index (κ1) is 14.2. The van der Waals surface area contributed by atoms with Gasteiger partial charge in [-0.3, -0.25) is 4.79 Å². The monoisotopic (exact) mass is 254 g/mol. The number of hydrogen-bond acceptors (Lipinski definition) is 3. The summed E-state index contributed by atoms with van der Waals surface area (Å²) in [6.45, 7) is 8.46. The van der Waals surface area contributed by atoms with Gasteiger partial charge >= 0.3 is 0 Å². The second-order valence-corrected chi connectivity index (χ2v) is 7.16. The maximum atomic E-state index is 12.2. The minimum absolute atomic E-state index is 0.0786. The Balaban J connectivity index is 3.27. The zero-order valence-electron chi connectivity index (χ0n) is 11.8. The molecule has 0 radical (unpaired) electrons. The molecule has 3 nitrogen and oxygen atoms in total. The first-order valence-electron chi connectivity index (χ1n) is 5.74. The van der Waals surface area contributed by atoms with Crippen LogP contribution in [0.15, 0.2) is 22.4 Å². The molecule has 0 atom stereocenters. The summed E-state index contributed by atoms with van der Waals surface area (Å²) >= 11 is 1.75. The van der Waals surface area contributed by atoms with Gasteiger partial charge in [0.1, 0.15) is 5.70 Å². The molecule has 0 bridgehead atoms. The smallest absolute Gasteiger partial charge is 0.275 e. The second kappa shape index (κ2) is 4.77. The molecule has 1 heterocycles. The van der Waals surface area contributed by atoms with Crippen LogP contribution < -0.4 is 0 Å². The van der Waals surface area contributed by atoms with Crippen molar-refractivity contribution in [3.05, 3.63) is 22.4 Å². The summed E-state index contributed by atoms with van der Waals surface area (Å²) < 4.78 is 0.0936. The van der Waals surface area contributed by atoms with E-state index >= 15 is 0 Å². The van der Waals surface area contributed by atoms with E-state index in [9.17, 15) is 4.79 Å². The third kappa shape index (κ3) is 2.86. The van der Waals surface area contributed by atoms with Crippen LogP contribution in [-0.2, 0) is 4.79 Å². The van der Waals surface area contributed by atoms with Crippen LogP contribution in [0.4, 0.5) is 0 Å². The van der Waals surface area contributed by atoms with Crippen molar-refractivity contribution in [2.75, 3.05) is 21.1 Å². The lowest BCUT2D eigenvalue weighted by Crippen LogP contribution is -2.26. The highest BCUT2D eigenvalue weighted by Crippen LogP contribution is 2.42. The number of amides is 1. The Labute approximate surface area is 109 Å². The largest absolute Gasteiger partial charge is 0.372 e. The predicted molar refractivity (Wildman–Crippen MR) is 74.6 cm³/mol. The number of carbonyl (C=O) groups excluding carboxylic acids is 1. The van der Waals surface area contributed by atoms with Crippen LogP contribution in [-0.4, -0.2) is 41.6 Å². The number of carbonyl (C=O) groups is 1. The fourth-order valence-electron chi connectivity index (χ4n) is 1.76. The maximum Gasteiger partial charge on any atom is 0.275 e. The maximum absolute atomic E-state index is 12.2.